The van der Waals surface area contributed by atoms with Gasteiger partial charge in [-0.25, -0.2) is 0 Å². The van der Waals surface area contributed by atoms with Crippen LogP contribution in [0.1, 0.15) is 69.9 Å². The molecule has 1 aliphatic rings. The number of hydrogen-bond donors (Lipinski definition) is 0. The van der Waals surface area contributed by atoms with E-state index in [0.717, 1.165) is 49.7 Å². The SMILES string of the molecule is COC(=O)CCCCCCCCO[C@H]1O[C@H](COC(C)=O)[C@@H](OCc2ccccc2)[C@H](OC(C)=O)[C@@H]1OCc1ccccc1. The zero-order valence-electron chi connectivity index (χ0n) is 26.0. The van der Waals surface area contributed by atoms with Crippen molar-refractivity contribution in [1.29, 1.82) is 0 Å². The molecule has 10 nitrogen and oxygen atoms in total. The molecule has 0 amide bonds. The number of rotatable bonds is 19. The van der Waals surface area contributed by atoms with E-state index in [1.54, 1.807) is 0 Å². The van der Waals surface area contributed by atoms with Crippen molar-refractivity contribution < 1.29 is 47.5 Å². The lowest BCUT2D eigenvalue weighted by Gasteiger charge is -2.45. The lowest BCUT2D eigenvalue weighted by Crippen LogP contribution is -2.62. The maximum Gasteiger partial charge on any atom is 0.305 e. The highest BCUT2D eigenvalue weighted by atomic mass is 16.7. The van der Waals surface area contributed by atoms with E-state index in [1.165, 1.54) is 21.0 Å². The van der Waals surface area contributed by atoms with Crippen molar-refractivity contribution in [3.63, 3.8) is 0 Å². The van der Waals surface area contributed by atoms with Crippen molar-refractivity contribution in [3.05, 3.63) is 71.8 Å². The number of ether oxygens (including phenoxy) is 7. The molecular formula is C34H46O10. The van der Waals surface area contributed by atoms with Crippen molar-refractivity contribution in [1.82, 2.24) is 0 Å². The number of esters is 3. The molecule has 44 heavy (non-hydrogen) atoms. The van der Waals surface area contributed by atoms with Crippen LogP contribution < -0.4 is 0 Å². The highest BCUT2D eigenvalue weighted by molar-refractivity contribution is 5.69. The van der Waals surface area contributed by atoms with Crippen LogP contribution in [0.3, 0.4) is 0 Å². The molecule has 10 heteroatoms. The molecule has 0 N–H and O–H groups in total. The van der Waals surface area contributed by atoms with Gasteiger partial charge in [0.2, 0.25) is 0 Å². The maximum absolute atomic E-state index is 12.4. The third-order valence-corrected chi connectivity index (χ3v) is 7.20. The van der Waals surface area contributed by atoms with E-state index in [-0.39, 0.29) is 25.8 Å². The Morgan fingerprint density at radius 3 is 1.82 bits per heavy atom. The van der Waals surface area contributed by atoms with Crippen molar-refractivity contribution in [2.75, 3.05) is 20.3 Å². The third-order valence-electron chi connectivity index (χ3n) is 7.20. The standard InChI is InChI=1S/C34H46O10/c1-25(35)40-24-29-31(41-22-27-16-10-8-11-17-27)32(43-26(2)36)33(42-23-28-18-12-9-13-19-28)34(44-29)39-21-15-7-5-4-6-14-20-30(37)38-3/h8-13,16-19,29,31-34H,4-7,14-15,20-24H2,1-3H3/t29-,31-,32+,33+,34+/m1/s1. The van der Waals surface area contributed by atoms with Crippen LogP contribution >= 0.6 is 0 Å². The minimum absolute atomic E-state index is 0.108. The number of unbranched alkanes of at least 4 members (excludes halogenated alkanes) is 5. The van der Waals surface area contributed by atoms with Crippen LogP contribution in [0.5, 0.6) is 0 Å². The van der Waals surface area contributed by atoms with E-state index in [2.05, 4.69) is 4.74 Å². The van der Waals surface area contributed by atoms with Gasteiger partial charge in [-0.15, -0.1) is 0 Å². The van der Waals surface area contributed by atoms with Gasteiger partial charge in [0.15, 0.2) is 12.4 Å². The Balaban J connectivity index is 1.71. The van der Waals surface area contributed by atoms with E-state index < -0.39 is 42.6 Å². The van der Waals surface area contributed by atoms with Crippen molar-refractivity contribution >= 4 is 17.9 Å². The first-order chi connectivity index (χ1) is 21.4. The van der Waals surface area contributed by atoms with Crippen LogP contribution in [0.4, 0.5) is 0 Å². The number of carbonyl (C=O) groups is 3. The summed E-state index contributed by atoms with van der Waals surface area (Å²) < 4.78 is 41.1. The first-order valence-electron chi connectivity index (χ1n) is 15.3. The van der Waals surface area contributed by atoms with E-state index in [9.17, 15) is 14.4 Å². The molecule has 1 aliphatic heterocycles. The fraction of sp³-hybridized carbons (Fsp3) is 0.559. The molecule has 2 aromatic rings. The van der Waals surface area contributed by atoms with Crippen LogP contribution in [-0.4, -0.2) is 68.9 Å². The Hall–Kier alpha value is -3.31. The Kier molecular flexibility index (Phi) is 15.9. The second-order valence-corrected chi connectivity index (χ2v) is 10.8. The van der Waals surface area contributed by atoms with Crippen LogP contribution in [0.15, 0.2) is 60.7 Å². The summed E-state index contributed by atoms with van der Waals surface area (Å²) in [5.74, 6) is -1.15. The molecule has 0 saturated carbocycles. The van der Waals surface area contributed by atoms with Crippen LogP contribution in [0.2, 0.25) is 0 Å². The van der Waals surface area contributed by atoms with Crippen LogP contribution in [-0.2, 0) is 60.8 Å². The summed E-state index contributed by atoms with van der Waals surface area (Å²) in [6.45, 7) is 3.39. The summed E-state index contributed by atoms with van der Waals surface area (Å²) in [7, 11) is 1.40. The minimum atomic E-state index is -0.903. The second kappa shape index (κ2) is 19.9. The van der Waals surface area contributed by atoms with E-state index in [4.69, 9.17) is 28.4 Å². The van der Waals surface area contributed by atoms with Gasteiger partial charge in [0.1, 0.15) is 24.9 Å². The molecule has 242 valence electrons. The molecule has 0 aromatic heterocycles. The number of methoxy groups -OCH3 is 1. The average molecular weight is 615 g/mol. The largest absolute Gasteiger partial charge is 0.469 e. The fourth-order valence-corrected chi connectivity index (χ4v) is 4.96. The Labute approximate surface area is 260 Å². The number of carbonyl (C=O) groups excluding carboxylic acids is 3. The lowest BCUT2D eigenvalue weighted by molar-refractivity contribution is -0.321. The molecule has 0 aliphatic carbocycles. The fourth-order valence-electron chi connectivity index (χ4n) is 4.96. The molecule has 1 fully saturated rings. The summed E-state index contributed by atoms with van der Waals surface area (Å²) in [5.41, 5.74) is 1.86. The molecular weight excluding hydrogens is 568 g/mol. The second-order valence-electron chi connectivity index (χ2n) is 10.8. The zero-order valence-corrected chi connectivity index (χ0v) is 26.0. The number of hydrogen-bond acceptors (Lipinski definition) is 10. The molecule has 0 bridgehead atoms. The summed E-state index contributed by atoms with van der Waals surface area (Å²) in [4.78, 5) is 35.4. The van der Waals surface area contributed by atoms with Gasteiger partial charge in [0.25, 0.3) is 0 Å². The maximum atomic E-state index is 12.4. The predicted octanol–water partition coefficient (Wildman–Crippen LogP) is 5.30. The molecule has 0 unspecified atom stereocenters. The molecule has 0 spiro atoms. The Morgan fingerprint density at radius 2 is 1.25 bits per heavy atom. The Morgan fingerprint density at radius 1 is 0.682 bits per heavy atom. The van der Waals surface area contributed by atoms with E-state index in [0.29, 0.717) is 13.0 Å². The molecule has 1 heterocycles. The van der Waals surface area contributed by atoms with E-state index >= 15 is 0 Å². The summed E-state index contributed by atoms with van der Waals surface area (Å²) >= 11 is 0. The predicted molar refractivity (Wildman–Crippen MR) is 161 cm³/mol. The Bertz CT molecular complexity index is 1110. The third kappa shape index (κ3) is 12.7. The molecule has 5 atom stereocenters. The molecule has 2 aromatic carbocycles. The minimum Gasteiger partial charge on any atom is -0.469 e. The quantitative estimate of drug-likeness (QED) is 0.117. The van der Waals surface area contributed by atoms with Gasteiger partial charge in [-0.2, -0.15) is 0 Å². The van der Waals surface area contributed by atoms with Crippen molar-refractivity contribution in [2.45, 2.75) is 103 Å². The van der Waals surface area contributed by atoms with E-state index in [1.807, 2.05) is 60.7 Å². The normalized spacial score (nSPS) is 21.4. The van der Waals surface area contributed by atoms with Gasteiger partial charge in [-0.05, 0) is 24.0 Å². The van der Waals surface area contributed by atoms with Crippen LogP contribution in [0, 0.1) is 0 Å². The van der Waals surface area contributed by atoms with Gasteiger partial charge >= 0.3 is 17.9 Å². The zero-order chi connectivity index (χ0) is 31.6. The lowest BCUT2D eigenvalue weighted by atomic mass is 9.98. The van der Waals surface area contributed by atoms with Gasteiger partial charge in [-0.3, -0.25) is 14.4 Å². The topological polar surface area (TPSA) is 116 Å². The first kappa shape index (κ1) is 35.2. The van der Waals surface area contributed by atoms with Crippen molar-refractivity contribution in [3.8, 4) is 0 Å². The first-order valence-corrected chi connectivity index (χ1v) is 15.3. The van der Waals surface area contributed by atoms with Gasteiger partial charge in [0.05, 0.1) is 20.3 Å². The van der Waals surface area contributed by atoms with Gasteiger partial charge in [-0.1, -0.05) is 86.3 Å². The van der Waals surface area contributed by atoms with Gasteiger partial charge < -0.3 is 33.2 Å². The van der Waals surface area contributed by atoms with Crippen LogP contribution in [0.25, 0.3) is 0 Å². The smallest absolute Gasteiger partial charge is 0.305 e. The molecule has 3 rings (SSSR count). The molecule has 0 radical (unpaired) electrons. The molecule has 1 saturated heterocycles. The van der Waals surface area contributed by atoms with Gasteiger partial charge in [0, 0.05) is 26.9 Å². The highest BCUT2D eigenvalue weighted by Gasteiger charge is 2.50. The highest BCUT2D eigenvalue weighted by Crippen LogP contribution is 2.31. The monoisotopic (exact) mass is 614 g/mol. The van der Waals surface area contributed by atoms with Crippen molar-refractivity contribution in [2.24, 2.45) is 0 Å². The summed E-state index contributed by atoms with van der Waals surface area (Å²) in [5, 5.41) is 0. The number of benzene rings is 2. The average Bonchev–Trinajstić information content (AvgIpc) is 3.02. The summed E-state index contributed by atoms with van der Waals surface area (Å²) in [6.07, 6.45) is 1.77. The summed E-state index contributed by atoms with van der Waals surface area (Å²) in [6, 6.07) is 19.2.